The van der Waals surface area contributed by atoms with Crippen molar-refractivity contribution >= 4 is 11.8 Å². The summed E-state index contributed by atoms with van der Waals surface area (Å²) in [5.74, 6) is 1.51. The van der Waals surface area contributed by atoms with Crippen LogP contribution in [0, 0.1) is 6.92 Å². The Kier molecular flexibility index (Phi) is 3.89. The summed E-state index contributed by atoms with van der Waals surface area (Å²) < 4.78 is 0. The highest BCUT2D eigenvalue weighted by molar-refractivity contribution is 5.48. The van der Waals surface area contributed by atoms with Gasteiger partial charge in [-0.05, 0) is 19.9 Å². The summed E-state index contributed by atoms with van der Waals surface area (Å²) in [6.45, 7) is 4.01. The Hall–Kier alpha value is -2.24. The van der Waals surface area contributed by atoms with Gasteiger partial charge in [0.2, 0.25) is 5.95 Å². The van der Waals surface area contributed by atoms with Crippen LogP contribution in [0.4, 0.5) is 11.8 Å². The summed E-state index contributed by atoms with van der Waals surface area (Å²) in [6, 6.07) is 1.90. The molecule has 0 bridgehead atoms. The number of nitrogens with one attached hydrogen (secondary N) is 1. The molecule has 0 spiro atoms. The van der Waals surface area contributed by atoms with E-state index < -0.39 is 0 Å². The minimum absolute atomic E-state index is 0.0284. The first-order valence-corrected chi connectivity index (χ1v) is 6.11. The second-order valence-corrected chi connectivity index (χ2v) is 4.59. The predicted octanol–water partition coefficient (Wildman–Crippen LogP) is 1.81. The van der Waals surface area contributed by atoms with Crippen LogP contribution in [-0.2, 0) is 0 Å². The van der Waals surface area contributed by atoms with Gasteiger partial charge in [0.05, 0.1) is 11.7 Å². The summed E-state index contributed by atoms with van der Waals surface area (Å²) in [6.07, 6.45) is 5.08. The van der Waals surface area contributed by atoms with E-state index in [4.69, 9.17) is 0 Å². The zero-order valence-corrected chi connectivity index (χ0v) is 11.6. The van der Waals surface area contributed by atoms with Crippen molar-refractivity contribution in [3.63, 3.8) is 0 Å². The number of aromatic nitrogens is 4. The van der Waals surface area contributed by atoms with E-state index in [1.54, 1.807) is 6.20 Å². The van der Waals surface area contributed by atoms with Crippen LogP contribution in [0.15, 0.2) is 24.8 Å². The summed E-state index contributed by atoms with van der Waals surface area (Å²) in [5, 5.41) is 3.24. The van der Waals surface area contributed by atoms with Gasteiger partial charge in [-0.1, -0.05) is 0 Å². The van der Waals surface area contributed by atoms with Gasteiger partial charge in [0.25, 0.3) is 0 Å². The molecule has 0 amide bonds. The van der Waals surface area contributed by atoms with E-state index in [0.717, 1.165) is 17.1 Å². The van der Waals surface area contributed by atoms with Crippen molar-refractivity contribution in [2.45, 2.75) is 19.9 Å². The van der Waals surface area contributed by atoms with Crippen LogP contribution >= 0.6 is 0 Å². The molecule has 0 aliphatic heterocycles. The molecule has 0 aromatic carbocycles. The number of anilines is 2. The fourth-order valence-corrected chi connectivity index (χ4v) is 1.78. The number of rotatable bonds is 4. The summed E-state index contributed by atoms with van der Waals surface area (Å²) in [7, 11) is 3.93. The molecule has 2 aromatic rings. The van der Waals surface area contributed by atoms with Gasteiger partial charge >= 0.3 is 0 Å². The topological polar surface area (TPSA) is 66.8 Å². The van der Waals surface area contributed by atoms with Crippen LogP contribution < -0.4 is 10.2 Å². The normalized spacial score (nSPS) is 12.0. The SMILES string of the molecule is Cc1cnc(NC(C)c2ccncn2)nc1N(C)C. The highest BCUT2D eigenvalue weighted by Crippen LogP contribution is 2.18. The van der Waals surface area contributed by atoms with Crippen molar-refractivity contribution in [3.05, 3.63) is 36.0 Å². The van der Waals surface area contributed by atoms with E-state index >= 15 is 0 Å². The zero-order valence-electron chi connectivity index (χ0n) is 11.6. The van der Waals surface area contributed by atoms with Gasteiger partial charge in [-0.2, -0.15) is 4.98 Å². The number of hydrogen-bond acceptors (Lipinski definition) is 6. The van der Waals surface area contributed by atoms with E-state index in [1.807, 2.05) is 45.1 Å². The fraction of sp³-hybridized carbons (Fsp3) is 0.385. The zero-order chi connectivity index (χ0) is 13.8. The van der Waals surface area contributed by atoms with E-state index in [0.29, 0.717) is 5.95 Å². The molecule has 19 heavy (non-hydrogen) atoms. The Balaban J connectivity index is 2.18. The lowest BCUT2D eigenvalue weighted by Crippen LogP contribution is -2.16. The molecule has 6 heteroatoms. The Morgan fingerprint density at radius 3 is 2.68 bits per heavy atom. The van der Waals surface area contributed by atoms with E-state index in [-0.39, 0.29) is 6.04 Å². The smallest absolute Gasteiger partial charge is 0.225 e. The third-order valence-corrected chi connectivity index (χ3v) is 2.76. The molecular weight excluding hydrogens is 240 g/mol. The molecule has 6 nitrogen and oxygen atoms in total. The summed E-state index contributed by atoms with van der Waals surface area (Å²) in [5.41, 5.74) is 1.95. The minimum Gasteiger partial charge on any atom is -0.362 e. The molecule has 0 saturated carbocycles. The molecule has 2 rings (SSSR count). The molecule has 0 aliphatic rings. The third kappa shape index (κ3) is 3.15. The van der Waals surface area contributed by atoms with Crippen LogP contribution in [-0.4, -0.2) is 34.0 Å². The Morgan fingerprint density at radius 1 is 1.26 bits per heavy atom. The lowest BCUT2D eigenvalue weighted by molar-refractivity contribution is 0.811. The van der Waals surface area contributed by atoms with E-state index in [9.17, 15) is 0 Å². The first kappa shape index (κ1) is 13.2. The first-order valence-electron chi connectivity index (χ1n) is 6.11. The van der Waals surface area contributed by atoms with Crippen LogP contribution in [0.3, 0.4) is 0 Å². The largest absolute Gasteiger partial charge is 0.362 e. The first-order chi connectivity index (χ1) is 9.08. The van der Waals surface area contributed by atoms with Crippen LogP contribution in [0.5, 0.6) is 0 Å². The molecule has 1 atom stereocenters. The molecular formula is C13H18N6. The highest BCUT2D eigenvalue weighted by Gasteiger charge is 2.10. The lowest BCUT2D eigenvalue weighted by atomic mass is 10.2. The second-order valence-electron chi connectivity index (χ2n) is 4.59. The van der Waals surface area contributed by atoms with Gasteiger partial charge in [-0.3, -0.25) is 0 Å². The van der Waals surface area contributed by atoms with Gasteiger partial charge in [0, 0.05) is 32.1 Å². The molecule has 2 aromatic heterocycles. The molecule has 0 radical (unpaired) electrons. The number of aryl methyl sites for hydroxylation is 1. The molecule has 100 valence electrons. The lowest BCUT2D eigenvalue weighted by Gasteiger charge is -2.17. The van der Waals surface area contributed by atoms with Crippen molar-refractivity contribution in [2.24, 2.45) is 0 Å². The average molecular weight is 258 g/mol. The van der Waals surface area contributed by atoms with E-state index in [1.165, 1.54) is 6.33 Å². The standard InChI is InChI=1S/C13H18N6/c1-9-7-15-13(18-12(9)19(3)4)17-10(2)11-5-6-14-8-16-11/h5-8,10H,1-4H3,(H,15,17,18). The van der Waals surface area contributed by atoms with Crippen molar-refractivity contribution in [1.29, 1.82) is 0 Å². The molecule has 1 unspecified atom stereocenters. The minimum atomic E-state index is 0.0284. The summed E-state index contributed by atoms with van der Waals surface area (Å²) >= 11 is 0. The van der Waals surface area contributed by atoms with Crippen molar-refractivity contribution < 1.29 is 0 Å². The molecule has 0 aliphatic carbocycles. The molecule has 0 fully saturated rings. The van der Waals surface area contributed by atoms with Gasteiger partial charge in [-0.15, -0.1) is 0 Å². The number of hydrogen-bond donors (Lipinski definition) is 1. The van der Waals surface area contributed by atoms with Crippen molar-refractivity contribution in [3.8, 4) is 0 Å². The Labute approximate surface area is 113 Å². The Bertz CT molecular complexity index is 540. The second kappa shape index (κ2) is 5.60. The molecule has 0 saturated heterocycles. The monoisotopic (exact) mass is 258 g/mol. The van der Waals surface area contributed by atoms with Gasteiger partial charge in [0.15, 0.2) is 0 Å². The third-order valence-electron chi connectivity index (χ3n) is 2.76. The van der Waals surface area contributed by atoms with E-state index in [2.05, 4.69) is 25.3 Å². The highest BCUT2D eigenvalue weighted by atomic mass is 15.2. The number of nitrogens with zero attached hydrogens (tertiary/aromatic N) is 5. The predicted molar refractivity (Wildman–Crippen MR) is 75.2 cm³/mol. The average Bonchev–Trinajstić information content (AvgIpc) is 2.41. The Morgan fingerprint density at radius 2 is 2.05 bits per heavy atom. The maximum Gasteiger partial charge on any atom is 0.225 e. The fourth-order valence-electron chi connectivity index (χ4n) is 1.78. The summed E-state index contributed by atoms with van der Waals surface area (Å²) in [4.78, 5) is 18.9. The molecule has 1 N–H and O–H groups in total. The van der Waals surface area contributed by atoms with Crippen molar-refractivity contribution in [2.75, 3.05) is 24.3 Å². The van der Waals surface area contributed by atoms with Gasteiger partial charge < -0.3 is 10.2 Å². The van der Waals surface area contributed by atoms with Crippen LogP contribution in [0.25, 0.3) is 0 Å². The quantitative estimate of drug-likeness (QED) is 0.902. The van der Waals surface area contributed by atoms with Gasteiger partial charge in [-0.25, -0.2) is 15.0 Å². The van der Waals surface area contributed by atoms with Gasteiger partial charge in [0.1, 0.15) is 12.1 Å². The maximum absolute atomic E-state index is 4.50. The maximum atomic E-state index is 4.50. The van der Waals surface area contributed by atoms with Crippen LogP contribution in [0.1, 0.15) is 24.2 Å². The van der Waals surface area contributed by atoms with Crippen molar-refractivity contribution in [1.82, 2.24) is 19.9 Å². The molecule has 2 heterocycles. The van der Waals surface area contributed by atoms with Crippen LogP contribution in [0.2, 0.25) is 0 Å².